The van der Waals surface area contributed by atoms with Gasteiger partial charge in [-0.2, -0.15) is 9.36 Å². The van der Waals surface area contributed by atoms with Crippen molar-refractivity contribution in [2.75, 3.05) is 23.8 Å². The number of aryl methyl sites for hydroxylation is 1. The number of aromatic nitrogens is 6. The Hall–Kier alpha value is -4.12. The van der Waals surface area contributed by atoms with Gasteiger partial charge in [0.2, 0.25) is 11.6 Å². The van der Waals surface area contributed by atoms with Gasteiger partial charge in [-0.15, -0.1) is 0 Å². The van der Waals surface area contributed by atoms with Crippen LogP contribution in [0.4, 0.5) is 31.9 Å². The Morgan fingerprint density at radius 2 is 2.12 bits per heavy atom. The van der Waals surface area contributed by atoms with E-state index in [2.05, 4.69) is 54.6 Å². The molecule has 5 rings (SSSR count). The minimum Gasteiger partial charge on any atom is -0.488 e. The Morgan fingerprint density at radius 1 is 1.32 bits per heavy atom. The van der Waals surface area contributed by atoms with Gasteiger partial charge in [0.1, 0.15) is 30.0 Å². The minimum absolute atomic E-state index is 0.0190. The SMILES string of the molecule is [C-]#[N+]c1cnc(Nc2cc(-n3nnn(C)c3=O)c(OC[C@@H](C)F)cc2F)nc1N[C@@H]1C[C@@H]2CCCN2C(C)(C)C1. The number of halogens is 2. The van der Waals surface area contributed by atoms with Crippen molar-refractivity contribution in [2.24, 2.45) is 7.05 Å². The first-order chi connectivity index (χ1) is 19.1. The second-order valence-electron chi connectivity index (χ2n) is 10.9. The molecule has 3 atom stereocenters. The quantitative estimate of drug-likeness (QED) is 0.401. The topological polar surface area (TPSA) is 119 Å². The number of nitrogens with zero attached hydrogens (tertiary/aromatic N) is 8. The molecular weight excluding hydrogens is 522 g/mol. The molecule has 0 radical (unpaired) electrons. The lowest BCUT2D eigenvalue weighted by atomic mass is 9.84. The van der Waals surface area contributed by atoms with E-state index in [0.717, 1.165) is 41.2 Å². The van der Waals surface area contributed by atoms with Crippen molar-refractivity contribution in [2.45, 2.75) is 70.2 Å². The van der Waals surface area contributed by atoms with Gasteiger partial charge >= 0.3 is 5.69 Å². The van der Waals surface area contributed by atoms with Gasteiger partial charge in [0.25, 0.3) is 0 Å². The summed E-state index contributed by atoms with van der Waals surface area (Å²) in [5, 5.41) is 13.8. The van der Waals surface area contributed by atoms with Crippen molar-refractivity contribution in [3.05, 3.63) is 46.0 Å². The zero-order valence-corrected chi connectivity index (χ0v) is 22.9. The number of fused-ring (bicyclic) bond motifs is 1. The number of anilines is 3. The van der Waals surface area contributed by atoms with E-state index in [0.29, 0.717) is 11.9 Å². The molecule has 0 spiro atoms. The monoisotopic (exact) mass is 554 g/mol. The summed E-state index contributed by atoms with van der Waals surface area (Å²) in [7, 11) is 1.41. The maximum atomic E-state index is 15.2. The van der Waals surface area contributed by atoms with Crippen LogP contribution in [-0.2, 0) is 7.05 Å². The van der Waals surface area contributed by atoms with Crippen molar-refractivity contribution in [3.8, 4) is 11.4 Å². The van der Waals surface area contributed by atoms with E-state index in [-0.39, 0.29) is 46.9 Å². The third-order valence-corrected chi connectivity index (χ3v) is 7.40. The smallest absolute Gasteiger partial charge is 0.368 e. The number of rotatable bonds is 8. The van der Waals surface area contributed by atoms with Gasteiger partial charge in [-0.05, 0) is 69.5 Å². The van der Waals surface area contributed by atoms with Crippen LogP contribution in [0.5, 0.6) is 5.75 Å². The first kappa shape index (κ1) is 27.4. The highest BCUT2D eigenvalue weighted by Crippen LogP contribution is 2.39. The van der Waals surface area contributed by atoms with Crippen LogP contribution in [0, 0.1) is 12.4 Å². The molecule has 0 amide bonds. The van der Waals surface area contributed by atoms with E-state index in [1.807, 2.05) is 0 Å². The normalized spacial score (nSPS) is 20.9. The van der Waals surface area contributed by atoms with Crippen LogP contribution >= 0.6 is 0 Å². The highest BCUT2D eigenvalue weighted by atomic mass is 19.1. The van der Waals surface area contributed by atoms with Crippen LogP contribution in [-0.4, -0.2) is 71.6 Å². The summed E-state index contributed by atoms with van der Waals surface area (Å²) in [5.41, 5.74) is -0.338. The Morgan fingerprint density at radius 3 is 2.83 bits per heavy atom. The molecule has 0 aliphatic carbocycles. The summed E-state index contributed by atoms with van der Waals surface area (Å²) in [4.78, 5) is 27.4. The Kier molecular flexibility index (Phi) is 7.41. The van der Waals surface area contributed by atoms with E-state index in [1.54, 1.807) is 0 Å². The van der Waals surface area contributed by atoms with Gasteiger partial charge in [0.05, 0.1) is 12.3 Å². The zero-order chi connectivity index (χ0) is 28.6. The Labute approximate surface area is 230 Å². The second-order valence-corrected chi connectivity index (χ2v) is 10.9. The average Bonchev–Trinajstić information content (AvgIpc) is 3.51. The number of hydrogen-bond acceptors (Lipinski definition) is 9. The van der Waals surface area contributed by atoms with Crippen LogP contribution in [0.3, 0.4) is 0 Å². The molecule has 212 valence electrons. The highest BCUT2D eigenvalue weighted by molar-refractivity contribution is 5.69. The fourth-order valence-corrected chi connectivity index (χ4v) is 5.65. The number of nitrogens with one attached hydrogen (secondary N) is 2. The van der Waals surface area contributed by atoms with Gasteiger partial charge in [-0.3, -0.25) is 4.90 Å². The predicted molar refractivity (Wildman–Crippen MR) is 145 cm³/mol. The van der Waals surface area contributed by atoms with Crippen LogP contribution in [0.1, 0.15) is 46.5 Å². The molecule has 2 aliphatic heterocycles. The fraction of sp³-hybridized carbons (Fsp3) is 0.538. The molecule has 4 heterocycles. The van der Waals surface area contributed by atoms with E-state index >= 15 is 4.39 Å². The fourth-order valence-electron chi connectivity index (χ4n) is 5.65. The second kappa shape index (κ2) is 10.8. The number of piperidine rings is 1. The highest BCUT2D eigenvalue weighted by Gasteiger charge is 2.43. The standard InChI is InChI=1S/C26H32F2N10O2/c1-15(27)14-40-22-10-18(28)19(11-21(22)38-25(39)36(5)34-35-38)32-24-30-13-20(29-4)23(33-24)31-16-9-17-7-6-8-37(17)26(2,3)12-16/h10-11,13,15-17H,6-9,12,14H2,1-3,5H3,(H2,30,31,32,33)/t15-,16-,17+/m1/s1. The van der Waals surface area contributed by atoms with E-state index in [1.165, 1.54) is 32.7 Å². The van der Waals surface area contributed by atoms with Crippen molar-refractivity contribution in [3.63, 3.8) is 0 Å². The first-order valence-electron chi connectivity index (χ1n) is 13.2. The third-order valence-electron chi connectivity index (χ3n) is 7.40. The molecular formula is C26H32F2N10O2. The van der Waals surface area contributed by atoms with Crippen LogP contribution < -0.4 is 21.1 Å². The molecule has 0 unspecified atom stereocenters. The van der Waals surface area contributed by atoms with Gasteiger partial charge < -0.3 is 15.4 Å². The number of alkyl halides is 1. The number of hydrogen-bond donors (Lipinski definition) is 2. The molecule has 2 fully saturated rings. The van der Waals surface area contributed by atoms with Crippen molar-refractivity contribution >= 4 is 23.1 Å². The lowest BCUT2D eigenvalue weighted by molar-refractivity contribution is 0.0501. The molecule has 0 saturated carbocycles. The molecule has 0 bridgehead atoms. The summed E-state index contributed by atoms with van der Waals surface area (Å²) in [6.07, 6.45) is 4.22. The van der Waals surface area contributed by atoms with Gasteiger partial charge in [-0.25, -0.2) is 28.4 Å². The van der Waals surface area contributed by atoms with Gasteiger partial charge in [0.15, 0.2) is 5.82 Å². The summed E-state index contributed by atoms with van der Waals surface area (Å²) < 4.78 is 36.0. The van der Waals surface area contributed by atoms with Crippen molar-refractivity contribution < 1.29 is 13.5 Å². The number of ether oxygens (including phenoxy) is 1. The number of tetrazole rings is 1. The molecule has 1 aromatic carbocycles. The lowest BCUT2D eigenvalue weighted by Crippen LogP contribution is -2.55. The van der Waals surface area contributed by atoms with E-state index < -0.39 is 17.7 Å². The van der Waals surface area contributed by atoms with Crippen LogP contribution in [0.25, 0.3) is 10.5 Å². The van der Waals surface area contributed by atoms with E-state index in [9.17, 15) is 9.18 Å². The molecule has 2 aromatic heterocycles. The molecule has 2 aliphatic rings. The average molecular weight is 555 g/mol. The molecule has 14 heteroatoms. The Bertz CT molecular complexity index is 1500. The number of benzene rings is 1. The summed E-state index contributed by atoms with van der Waals surface area (Å²) in [5.74, 6) is -0.412. The molecule has 2 N–H and O–H groups in total. The summed E-state index contributed by atoms with van der Waals surface area (Å²) >= 11 is 0. The third kappa shape index (κ3) is 5.46. The summed E-state index contributed by atoms with van der Waals surface area (Å²) in [6, 6.07) is 2.92. The molecule has 2 saturated heterocycles. The lowest BCUT2D eigenvalue weighted by Gasteiger charge is -2.48. The van der Waals surface area contributed by atoms with Gasteiger partial charge in [-0.1, -0.05) is 0 Å². The van der Waals surface area contributed by atoms with Crippen LogP contribution in [0.15, 0.2) is 23.1 Å². The van der Waals surface area contributed by atoms with Crippen molar-refractivity contribution in [1.29, 1.82) is 0 Å². The summed E-state index contributed by atoms with van der Waals surface area (Å²) in [6.45, 7) is 14.1. The first-order valence-corrected chi connectivity index (χ1v) is 13.2. The minimum atomic E-state index is -1.32. The molecule has 3 aromatic rings. The zero-order valence-electron chi connectivity index (χ0n) is 22.9. The van der Waals surface area contributed by atoms with E-state index in [4.69, 9.17) is 11.3 Å². The molecule has 40 heavy (non-hydrogen) atoms. The Balaban J connectivity index is 1.44. The van der Waals surface area contributed by atoms with Crippen molar-refractivity contribution in [1.82, 2.24) is 34.7 Å². The maximum absolute atomic E-state index is 15.2. The maximum Gasteiger partial charge on any atom is 0.368 e. The predicted octanol–water partition coefficient (Wildman–Crippen LogP) is 3.74. The van der Waals surface area contributed by atoms with Gasteiger partial charge in [0, 0.05) is 36.9 Å². The van der Waals surface area contributed by atoms with Crippen LogP contribution in [0.2, 0.25) is 0 Å². The molecule has 12 nitrogen and oxygen atoms in total. The largest absolute Gasteiger partial charge is 0.488 e.